The molecule has 31 heavy (non-hydrogen) atoms. The van der Waals surface area contributed by atoms with Crippen LogP contribution in [0.5, 0.6) is 5.75 Å². The van der Waals surface area contributed by atoms with Crippen molar-refractivity contribution >= 4 is 11.6 Å². The van der Waals surface area contributed by atoms with Gasteiger partial charge in [0, 0.05) is 5.69 Å². The largest absolute Gasteiger partial charge is 0.484 e. The number of halogens is 1. The van der Waals surface area contributed by atoms with Crippen LogP contribution in [0.15, 0.2) is 59.0 Å². The van der Waals surface area contributed by atoms with E-state index in [0.717, 1.165) is 0 Å². The van der Waals surface area contributed by atoms with Crippen LogP contribution >= 0.6 is 0 Å². The van der Waals surface area contributed by atoms with Crippen molar-refractivity contribution < 1.29 is 18.3 Å². The molecule has 2 heterocycles. The molecule has 0 saturated carbocycles. The van der Waals surface area contributed by atoms with Crippen LogP contribution in [0, 0.1) is 24.1 Å². The number of aryl methyl sites for hydroxylation is 1. The topological polar surface area (TPSA) is 119 Å². The molecule has 4 aromatic rings. The third-order valence-corrected chi connectivity index (χ3v) is 4.32. The van der Waals surface area contributed by atoms with Gasteiger partial charge in [-0.3, -0.25) is 4.79 Å². The number of amides is 1. The van der Waals surface area contributed by atoms with Gasteiger partial charge in [0.1, 0.15) is 35.7 Å². The molecular formula is C21H15FN6O3. The molecule has 0 spiro atoms. The summed E-state index contributed by atoms with van der Waals surface area (Å²) in [5, 5.41) is 22.7. The van der Waals surface area contributed by atoms with Crippen molar-refractivity contribution in [2.45, 2.75) is 13.5 Å². The van der Waals surface area contributed by atoms with Crippen molar-refractivity contribution in [3.8, 4) is 17.5 Å². The van der Waals surface area contributed by atoms with Crippen molar-refractivity contribution in [1.29, 1.82) is 5.26 Å². The van der Waals surface area contributed by atoms with Gasteiger partial charge in [-0.25, -0.2) is 4.39 Å². The van der Waals surface area contributed by atoms with Crippen molar-refractivity contribution in [3.05, 3.63) is 83.3 Å². The standard InChI is InChI=1S/C21H15FN6O3/c1-13-25-26-27-28(13)18-10-15(6-8-17(18)22)24-21(29)20-9-7-16(31-20)12-30-19-5-3-2-4-14(19)11-23/h2-10H,12H2,1H3,(H,24,29). The Morgan fingerprint density at radius 1 is 1.26 bits per heavy atom. The molecule has 2 aromatic heterocycles. The number of carbonyl (C=O) groups excluding carboxylic acids is 1. The third kappa shape index (κ3) is 4.25. The first-order valence-electron chi connectivity index (χ1n) is 9.12. The van der Waals surface area contributed by atoms with Crippen LogP contribution in [0.2, 0.25) is 0 Å². The van der Waals surface area contributed by atoms with E-state index < -0.39 is 11.7 Å². The SMILES string of the molecule is Cc1nnnn1-c1cc(NC(=O)c2ccc(COc3ccccc3C#N)o2)ccc1F. The number of benzene rings is 2. The van der Waals surface area contributed by atoms with Crippen molar-refractivity contribution in [2.24, 2.45) is 0 Å². The van der Waals surface area contributed by atoms with Crippen molar-refractivity contribution in [2.75, 3.05) is 5.32 Å². The van der Waals surface area contributed by atoms with E-state index in [1.54, 1.807) is 37.3 Å². The molecule has 0 fully saturated rings. The molecule has 4 rings (SSSR count). The minimum Gasteiger partial charge on any atom is -0.484 e. The maximum atomic E-state index is 14.2. The van der Waals surface area contributed by atoms with E-state index in [2.05, 4.69) is 20.8 Å². The summed E-state index contributed by atoms with van der Waals surface area (Å²) in [7, 11) is 0. The molecule has 0 aliphatic heterocycles. The molecule has 0 radical (unpaired) electrons. The molecule has 0 aliphatic rings. The van der Waals surface area contributed by atoms with Gasteiger partial charge in [-0.1, -0.05) is 12.1 Å². The second kappa shape index (κ2) is 8.46. The first kappa shape index (κ1) is 19.8. The number of anilines is 1. The Labute approximate surface area is 175 Å². The molecule has 0 aliphatic carbocycles. The first-order valence-corrected chi connectivity index (χ1v) is 9.12. The number of nitriles is 1. The molecule has 9 nitrogen and oxygen atoms in total. The fourth-order valence-corrected chi connectivity index (χ4v) is 2.81. The van der Waals surface area contributed by atoms with E-state index in [4.69, 9.17) is 14.4 Å². The highest BCUT2D eigenvalue weighted by molar-refractivity contribution is 6.02. The molecule has 10 heteroatoms. The predicted molar refractivity (Wildman–Crippen MR) is 106 cm³/mol. The number of furan rings is 1. The summed E-state index contributed by atoms with van der Waals surface area (Å²) in [5.74, 6) is 0.219. The van der Waals surface area contributed by atoms with E-state index >= 15 is 0 Å². The van der Waals surface area contributed by atoms with E-state index in [1.807, 2.05) is 6.07 Å². The lowest BCUT2D eigenvalue weighted by Gasteiger charge is -2.08. The third-order valence-electron chi connectivity index (χ3n) is 4.32. The van der Waals surface area contributed by atoms with Crippen LogP contribution in [0.1, 0.15) is 27.7 Å². The van der Waals surface area contributed by atoms with Crippen molar-refractivity contribution in [1.82, 2.24) is 20.2 Å². The molecule has 0 bridgehead atoms. The number of carbonyl (C=O) groups is 1. The zero-order valence-corrected chi connectivity index (χ0v) is 16.2. The number of rotatable bonds is 6. The monoisotopic (exact) mass is 418 g/mol. The number of tetrazole rings is 1. The predicted octanol–water partition coefficient (Wildman–Crippen LogP) is 3.41. The molecule has 154 valence electrons. The number of hydrogen-bond acceptors (Lipinski definition) is 7. The van der Waals surface area contributed by atoms with Gasteiger partial charge in [0.05, 0.1) is 5.56 Å². The maximum absolute atomic E-state index is 14.2. The van der Waals surface area contributed by atoms with Gasteiger partial charge in [-0.2, -0.15) is 9.94 Å². The lowest BCUT2D eigenvalue weighted by atomic mass is 10.2. The highest BCUT2D eigenvalue weighted by Gasteiger charge is 2.15. The maximum Gasteiger partial charge on any atom is 0.291 e. The number of hydrogen-bond donors (Lipinski definition) is 1. The minimum atomic E-state index is -0.538. The molecule has 0 unspecified atom stereocenters. The summed E-state index contributed by atoms with van der Waals surface area (Å²) in [6.07, 6.45) is 0. The quantitative estimate of drug-likeness (QED) is 0.510. The summed E-state index contributed by atoms with van der Waals surface area (Å²) < 4.78 is 26.5. The number of nitrogens with one attached hydrogen (secondary N) is 1. The summed E-state index contributed by atoms with van der Waals surface area (Å²) >= 11 is 0. The smallest absolute Gasteiger partial charge is 0.291 e. The van der Waals surface area contributed by atoms with Crippen LogP contribution in [-0.2, 0) is 6.61 Å². The fourth-order valence-electron chi connectivity index (χ4n) is 2.81. The van der Waals surface area contributed by atoms with Crippen LogP contribution in [-0.4, -0.2) is 26.1 Å². The lowest BCUT2D eigenvalue weighted by Crippen LogP contribution is -2.12. The molecule has 1 amide bonds. The van der Waals surface area contributed by atoms with Gasteiger partial charge >= 0.3 is 0 Å². The van der Waals surface area contributed by atoms with E-state index in [1.165, 1.54) is 28.9 Å². The van der Waals surface area contributed by atoms with Gasteiger partial charge in [0.15, 0.2) is 11.6 Å². The minimum absolute atomic E-state index is 0.0469. The van der Waals surface area contributed by atoms with Gasteiger partial charge in [0.25, 0.3) is 5.91 Å². The summed E-state index contributed by atoms with van der Waals surface area (Å²) in [5.41, 5.74) is 0.843. The van der Waals surface area contributed by atoms with Crippen LogP contribution < -0.4 is 10.1 Å². The van der Waals surface area contributed by atoms with Crippen LogP contribution in [0.3, 0.4) is 0 Å². The van der Waals surface area contributed by atoms with Gasteiger partial charge in [0.2, 0.25) is 0 Å². The first-order chi connectivity index (χ1) is 15.0. The summed E-state index contributed by atoms with van der Waals surface area (Å²) in [6, 6.07) is 16.0. The van der Waals surface area contributed by atoms with Crippen LogP contribution in [0.25, 0.3) is 5.69 Å². The Balaban J connectivity index is 1.45. The Kier molecular flexibility index (Phi) is 5.40. The molecule has 0 saturated heterocycles. The second-order valence-corrected chi connectivity index (χ2v) is 6.42. The highest BCUT2D eigenvalue weighted by Crippen LogP contribution is 2.21. The average Bonchev–Trinajstić information content (AvgIpc) is 3.43. The average molecular weight is 418 g/mol. The Bertz CT molecular complexity index is 1290. The van der Waals surface area contributed by atoms with Gasteiger partial charge in [-0.05, 0) is 59.8 Å². The zero-order valence-electron chi connectivity index (χ0n) is 16.2. The Morgan fingerprint density at radius 2 is 2.10 bits per heavy atom. The number of para-hydroxylation sites is 1. The van der Waals surface area contributed by atoms with E-state index in [0.29, 0.717) is 28.6 Å². The lowest BCUT2D eigenvalue weighted by molar-refractivity contribution is 0.0992. The molecular weight excluding hydrogens is 403 g/mol. The number of nitrogens with zero attached hydrogens (tertiary/aromatic N) is 5. The van der Waals surface area contributed by atoms with Crippen molar-refractivity contribution in [3.63, 3.8) is 0 Å². The molecule has 2 aromatic carbocycles. The molecule has 0 atom stereocenters. The van der Waals surface area contributed by atoms with Gasteiger partial charge in [-0.15, -0.1) is 5.10 Å². The Morgan fingerprint density at radius 3 is 2.87 bits per heavy atom. The number of aromatic nitrogens is 4. The summed E-state index contributed by atoms with van der Waals surface area (Å²) in [4.78, 5) is 12.5. The fraction of sp³-hybridized carbons (Fsp3) is 0.0952. The zero-order chi connectivity index (χ0) is 21.8. The van der Waals surface area contributed by atoms with E-state index in [9.17, 15) is 9.18 Å². The summed E-state index contributed by atoms with van der Waals surface area (Å²) in [6.45, 7) is 1.68. The highest BCUT2D eigenvalue weighted by atomic mass is 19.1. The van der Waals surface area contributed by atoms with Gasteiger partial charge < -0.3 is 14.5 Å². The second-order valence-electron chi connectivity index (χ2n) is 6.42. The van der Waals surface area contributed by atoms with E-state index in [-0.39, 0.29) is 18.1 Å². The van der Waals surface area contributed by atoms with Crippen LogP contribution in [0.4, 0.5) is 10.1 Å². The Hall–Kier alpha value is -4.52. The normalized spacial score (nSPS) is 10.5. The number of ether oxygens (including phenoxy) is 1. The molecule has 1 N–H and O–H groups in total.